The lowest BCUT2D eigenvalue weighted by Crippen LogP contribution is -2.39. The van der Waals surface area contributed by atoms with Gasteiger partial charge in [0.1, 0.15) is 0 Å². The molecule has 0 saturated carbocycles. The predicted octanol–water partition coefficient (Wildman–Crippen LogP) is 4.37. The number of para-hydroxylation sites is 1. The van der Waals surface area contributed by atoms with Gasteiger partial charge >= 0.3 is 0 Å². The summed E-state index contributed by atoms with van der Waals surface area (Å²) in [6, 6.07) is 13.5. The lowest BCUT2D eigenvalue weighted by Gasteiger charge is -2.30. The van der Waals surface area contributed by atoms with Crippen LogP contribution >= 0.6 is 11.6 Å². The number of hydrogen-bond acceptors (Lipinski definition) is 2. The Morgan fingerprint density at radius 1 is 1.15 bits per heavy atom. The van der Waals surface area contributed by atoms with Crippen molar-refractivity contribution in [3.05, 3.63) is 58.6 Å². The average molecular weight is 371 g/mol. The third-order valence-electron chi connectivity index (χ3n) is 4.87. The van der Waals surface area contributed by atoms with E-state index in [0.29, 0.717) is 11.6 Å². The fourth-order valence-electron chi connectivity index (χ4n) is 3.47. The second kappa shape index (κ2) is 7.92. The van der Waals surface area contributed by atoms with Crippen molar-refractivity contribution in [2.75, 3.05) is 22.9 Å². The van der Waals surface area contributed by atoms with Crippen LogP contribution in [0, 0.1) is 6.92 Å². The molecule has 0 aromatic heterocycles. The normalized spacial score (nSPS) is 13.3. The van der Waals surface area contributed by atoms with Gasteiger partial charge in [-0.25, -0.2) is 0 Å². The molecule has 4 nitrogen and oxygen atoms in total. The Morgan fingerprint density at radius 2 is 1.92 bits per heavy atom. The standard InChI is InChI=1S/C21H23ClN2O2/c1-15-18(22)9-5-11-19(15)23(16(2)25)14-12-21(26)24-13-6-8-17-7-3-4-10-20(17)24/h3-5,7,9-11H,6,8,12-14H2,1-2H3. The SMILES string of the molecule is CC(=O)N(CCC(=O)N1CCCc2ccccc21)c1cccc(Cl)c1C. The van der Waals surface area contributed by atoms with E-state index in [4.69, 9.17) is 11.6 Å². The molecular formula is C21H23ClN2O2. The van der Waals surface area contributed by atoms with E-state index in [2.05, 4.69) is 6.07 Å². The number of nitrogens with zero attached hydrogens (tertiary/aromatic N) is 2. The lowest BCUT2D eigenvalue weighted by molar-refractivity contribution is -0.118. The molecule has 1 aliphatic rings. The quantitative estimate of drug-likeness (QED) is 0.801. The molecule has 0 N–H and O–H groups in total. The second-order valence-corrected chi connectivity index (χ2v) is 6.99. The summed E-state index contributed by atoms with van der Waals surface area (Å²) < 4.78 is 0. The molecule has 5 heteroatoms. The van der Waals surface area contributed by atoms with E-state index < -0.39 is 0 Å². The highest BCUT2D eigenvalue weighted by atomic mass is 35.5. The highest BCUT2D eigenvalue weighted by molar-refractivity contribution is 6.31. The molecule has 2 aromatic rings. The van der Waals surface area contributed by atoms with E-state index >= 15 is 0 Å². The molecule has 0 saturated heterocycles. The number of fused-ring (bicyclic) bond motifs is 1. The molecule has 0 bridgehead atoms. The summed E-state index contributed by atoms with van der Waals surface area (Å²) in [6.45, 7) is 4.47. The van der Waals surface area contributed by atoms with Crippen LogP contribution in [0.5, 0.6) is 0 Å². The number of carbonyl (C=O) groups excluding carboxylic acids is 2. The number of carbonyl (C=O) groups is 2. The molecule has 0 unspecified atom stereocenters. The fourth-order valence-corrected chi connectivity index (χ4v) is 3.64. The minimum absolute atomic E-state index is 0.0445. The molecular weight excluding hydrogens is 348 g/mol. The number of amides is 2. The number of hydrogen-bond donors (Lipinski definition) is 0. The zero-order valence-electron chi connectivity index (χ0n) is 15.2. The monoisotopic (exact) mass is 370 g/mol. The summed E-state index contributed by atoms with van der Waals surface area (Å²) in [5.41, 5.74) is 3.82. The van der Waals surface area contributed by atoms with Crippen LogP contribution in [-0.2, 0) is 16.0 Å². The Hall–Kier alpha value is -2.33. The first kappa shape index (κ1) is 18.5. The van der Waals surface area contributed by atoms with Gasteiger partial charge in [-0.2, -0.15) is 0 Å². The molecule has 1 heterocycles. The molecule has 136 valence electrons. The molecule has 0 spiro atoms. The zero-order valence-corrected chi connectivity index (χ0v) is 15.9. The summed E-state index contributed by atoms with van der Waals surface area (Å²) in [4.78, 5) is 28.5. The van der Waals surface area contributed by atoms with Gasteiger partial charge in [0.2, 0.25) is 11.8 Å². The van der Waals surface area contributed by atoms with Crippen LogP contribution < -0.4 is 9.80 Å². The summed E-state index contributed by atoms with van der Waals surface area (Å²) in [5, 5.41) is 0.616. The van der Waals surface area contributed by atoms with Crippen LogP contribution in [0.1, 0.15) is 30.9 Å². The lowest BCUT2D eigenvalue weighted by atomic mass is 10.0. The van der Waals surface area contributed by atoms with Crippen LogP contribution in [0.4, 0.5) is 11.4 Å². The molecule has 0 atom stereocenters. The van der Waals surface area contributed by atoms with E-state index in [-0.39, 0.29) is 18.2 Å². The molecule has 0 aliphatic carbocycles. The van der Waals surface area contributed by atoms with Crippen molar-refractivity contribution in [1.29, 1.82) is 0 Å². The second-order valence-electron chi connectivity index (χ2n) is 6.58. The first-order chi connectivity index (χ1) is 12.5. The van der Waals surface area contributed by atoms with Crippen LogP contribution in [0.2, 0.25) is 5.02 Å². The molecule has 3 rings (SSSR count). The van der Waals surface area contributed by atoms with Gasteiger partial charge in [-0.05, 0) is 49.1 Å². The number of rotatable bonds is 4. The van der Waals surface area contributed by atoms with Crippen LogP contribution in [-0.4, -0.2) is 24.9 Å². The van der Waals surface area contributed by atoms with Gasteiger partial charge in [0.25, 0.3) is 0 Å². The highest BCUT2D eigenvalue weighted by Crippen LogP contribution is 2.29. The van der Waals surface area contributed by atoms with Crippen molar-refractivity contribution in [3.8, 4) is 0 Å². The maximum absolute atomic E-state index is 12.8. The van der Waals surface area contributed by atoms with E-state index in [9.17, 15) is 9.59 Å². The third kappa shape index (κ3) is 3.75. The average Bonchev–Trinajstić information content (AvgIpc) is 2.64. The van der Waals surface area contributed by atoms with Gasteiger partial charge < -0.3 is 9.80 Å². The van der Waals surface area contributed by atoms with E-state index in [0.717, 1.165) is 36.3 Å². The van der Waals surface area contributed by atoms with Crippen molar-refractivity contribution < 1.29 is 9.59 Å². The number of anilines is 2. The van der Waals surface area contributed by atoms with Crippen molar-refractivity contribution >= 4 is 34.8 Å². The Kier molecular flexibility index (Phi) is 5.62. The van der Waals surface area contributed by atoms with Gasteiger partial charge in [-0.3, -0.25) is 9.59 Å². The molecule has 2 amide bonds. The van der Waals surface area contributed by atoms with Crippen molar-refractivity contribution in [2.24, 2.45) is 0 Å². The Balaban J connectivity index is 1.75. The maximum Gasteiger partial charge on any atom is 0.228 e. The summed E-state index contributed by atoms with van der Waals surface area (Å²) in [7, 11) is 0. The number of benzene rings is 2. The summed E-state index contributed by atoms with van der Waals surface area (Å²) >= 11 is 6.19. The van der Waals surface area contributed by atoms with Crippen molar-refractivity contribution in [1.82, 2.24) is 0 Å². The van der Waals surface area contributed by atoms with Gasteiger partial charge in [0.15, 0.2) is 0 Å². The van der Waals surface area contributed by atoms with Crippen LogP contribution in [0.25, 0.3) is 0 Å². The topological polar surface area (TPSA) is 40.6 Å². The minimum Gasteiger partial charge on any atom is -0.312 e. The van der Waals surface area contributed by atoms with E-state index in [1.54, 1.807) is 11.0 Å². The van der Waals surface area contributed by atoms with E-state index in [1.807, 2.05) is 42.2 Å². The Morgan fingerprint density at radius 3 is 2.69 bits per heavy atom. The maximum atomic E-state index is 12.8. The predicted molar refractivity (Wildman–Crippen MR) is 106 cm³/mol. The first-order valence-electron chi connectivity index (χ1n) is 8.90. The number of halogens is 1. The molecule has 1 aliphatic heterocycles. The summed E-state index contributed by atoms with van der Waals surface area (Å²) in [5.74, 6) is -0.0507. The summed E-state index contributed by atoms with van der Waals surface area (Å²) in [6.07, 6.45) is 2.24. The first-order valence-corrected chi connectivity index (χ1v) is 9.28. The largest absolute Gasteiger partial charge is 0.312 e. The van der Waals surface area contributed by atoms with Gasteiger partial charge in [-0.15, -0.1) is 0 Å². The van der Waals surface area contributed by atoms with Crippen LogP contribution in [0.15, 0.2) is 42.5 Å². The molecule has 0 radical (unpaired) electrons. The molecule has 0 fully saturated rings. The zero-order chi connectivity index (χ0) is 18.7. The van der Waals surface area contributed by atoms with Gasteiger partial charge in [0, 0.05) is 42.8 Å². The van der Waals surface area contributed by atoms with Gasteiger partial charge in [0.05, 0.1) is 0 Å². The Bertz CT molecular complexity index is 835. The van der Waals surface area contributed by atoms with Gasteiger partial charge in [-0.1, -0.05) is 35.9 Å². The van der Waals surface area contributed by atoms with Crippen molar-refractivity contribution in [2.45, 2.75) is 33.1 Å². The fraction of sp³-hybridized carbons (Fsp3) is 0.333. The smallest absolute Gasteiger partial charge is 0.228 e. The van der Waals surface area contributed by atoms with Crippen LogP contribution in [0.3, 0.4) is 0 Å². The molecule has 2 aromatic carbocycles. The number of aryl methyl sites for hydroxylation is 1. The highest BCUT2D eigenvalue weighted by Gasteiger charge is 2.23. The molecule has 26 heavy (non-hydrogen) atoms. The third-order valence-corrected chi connectivity index (χ3v) is 5.28. The van der Waals surface area contributed by atoms with Crippen molar-refractivity contribution in [3.63, 3.8) is 0 Å². The van der Waals surface area contributed by atoms with E-state index in [1.165, 1.54) is 12.5 Å². The Labute approximate surface area is 159 Å². The minimum atomic E-state index is -0.0952.